The number of hydrogen-bond donors (Lipinski definition) is 1. The van der Waals surface area contributed by atoms with E-state index in [4.69, 9.17) is 5.26 Å². The highest BCUT2D eigenvalue weighted by Gasteiger charge is 2.44. The molecule has 0 atom stereocenters. The molecular weight excluding hydrogens is 180 g/mol. The summed E-state index contributed by atoms with van der Waals surface area (Å²) in [7, 11) is -2.50. The largest absolute Gasteiger partial charge is 0.333 e. The Kier molecular flexibility index (Phi) is 2.15. The predicted octanol–water partition coefficient (Wildman–Crippen LogP) is -1.16. The zero-order valence-electron chi connectivity index (χ0n) is 6.07. The van der Waals surface area contributed by atoms with Crippen LogP contribution < -0.4 is 5.32 Å². The van der Waals surface area contributed by atoms with E-state index in [0.717, 1.165) is 0 Å². The van der Waals surface area contributed by atoms with E-state index in [1.54, 1.807) is 0 Å². The standard InChI is InChI=1S/C6H6N2O3S/c7-4-6(1-2-6)8-5(9)3-12(10)11/h3H,1-2H2,(H,8,9). The third kappa shape index (κ3) is 2.07. The Hall–Kier alpha value is -1.35. The first-order chi connectivity index (χ1) is 5.58. The second-order valence-corrected chi connectivity index (χ2v) is 3.32. The summed E-state index contributed by atoms with van der Waals surface area (Å²) >= 11 is 0. The van der Waals surface area contributed by atoms with Crippen molar-refractivity contribution >= 4 is 21.6 Å². The molecule has 0 bridgehead atoms. The second kappa shape index (κ2) is 2.95. The molecule has 0 aromatic heterocycles. The first-order valence-corrected chi connectivity index (χ1v) is 4.38. The van der Waals surface area contributed by atoms with Crippen molar-refractivity contribution in [2.45, 2.75) is 18.4 Å². The maximum absolute atomic E-state index is 10.8. The number of nitrogens with one attached hydrogen (secondary N) is 1. The van der Waals surface area contributed by atoms with Gasteiger partial charge in [-0.3, -0.25) is 4.79 Å². The van der Waals surface area contributed by atoms with E-state index in [0.29, 0.717) is 18.2 Å². The summed E-state index contributed by atoms with van der Waals surface area (Å²) in [4.78, 5) is 10.8. The van der Waals surface area contributed by atoms with Gasteiger partial charge in [-0.25, -0.2) is 0 Å². The van der Waals surface area contributed by atoms with Crippen LogP contribution in [0.1, 0.15) is 12.8 Å². The van der Waals surface area contributed by atoms with Crippen molar-refractivity contribution in [1.29, 1.82) is 5.26 Å². The third-order valence-corrected chi connectivity index (χ3v) is 1.94. The van der Waals surface area contributed by atoms with Gasteiger partial charge in [0, 0.05) is 0 Å². The van der Waals surface area contributed by atoms with E-state index in [1.807, 2.05) is 6.07 Å². The van der Waals surface area contributed by atoms with Gasteiger partial charge in [0.1, 0.15) is 10.9 Å². The highest BCUT2D eigenvalue weighted by Crippen LogP contribution is 2.33. The van der Waals surface area contributed by atoms with Crippen molar-refractivity contribution in [2.24, 2.45) is 0 Å². The monoisotopic (exact) mass is 186 g/mol. The Morgan fingerprint density at radius 2 is 2.17 bits per heavy atom. The molecule has 1 amide bonds. The SMILES string of the molecule is N#CC1(NC(=O)C=S(=O)=O)CC1. The van der Waals surface area contributed by atoms with E-state index < -0.39 is 21.7 Å². The van der Waals surface area contributed by atoms with Crippen LogP contribution in [0.4, 0.5) is 0 Å². The Morgan fingerprint density at radius 1 is 1.58 bits per heavy atom. The minimum absolute atomic E-state index is 0.511. The zero-order valence-corrected chi connectivity index (χ0v) is 6.89. The zero-order chi connectivity index (χ0) is 9.19. The van der Waals surface area contributed by atoms with Gasteiger partial charge in [0.2, 0.25) is 10.3 Å². The molecule has 0 aliphatic heterocycles. The van der Waals surface area contributed by atoms with E-state index in [-0.39, 0.29) is 0 Å². The molecule has 0 aromatic rings. The molecule has 0 unspecified atom stereocenters. The maximum Gasteiger partial charge on any atom is 0.260 e. The summed E-state index contributed by atoms with van der Waals surface area (Å²) in [5.41, 5.74) is -0.799. The number of hydrogen-bond acceptors (Lipinski definition) is 4. The van der Waals surface area contributed by atoms with Gasteiger partial charge in [-0.05, 0) is 12.8 Å². The maximum atomic E-state index is 10.8. The summed E-state index contributed by atoms with van der Waals surface area (Å²) in [5.74, 6) is -0.734. The second-order valence-electron chi connectivity index (χ2n) is 2.56. The van der Waals surface area contributed by atoms with Gasteiger partial charge in [0.25, 0.3) is 5.91 Å². The van der Waals surface area contributed by atoms with Gasteiger partial charge in [0.05, 0.1) is 6.07 Å². The lowest BCUT2D eigenvalue weighted by molar-refractivity contribution is -0.114. The number of nitriles is 1. The lowest BCUT2D eigenvalue weighted by atomic mass is 10.3. The minimum Gasteiger partial charge on any atom is -0.333 e. The smallest absolute Gasteiger partial charge is 0.260 e. The van der Waals surface area contributed by atoms with Crippen molar-refractivity contribution < 1.29 is 13.2 Å². The van der Waals surface area contributed by atoms with Crippen LogP contribution in [0.25, 0.3) is 0 Å². The van der Waals surface area contributed by atoms with Crippen molar-refractivity contribution in [3.63, 3.8) is 0 Å². The molecule has 0 saturated heterocycles. The Balaban J connectivity index is 2.60. The molecule has 0 heterocycles. The summed E-state index contributed by atoms with van der Waals surface area (Å²) in [5, 5.41) is 11.3. The van der Waals surface area contributed by atoms with Gasteiger partial charge >= 0.3 is 0 Å². The van der Waals surface area contributed by atoms with Crippen LogP contribution in [0, 0.1) is 11.3 Å². The average Bonchev–Trinajstić information content (AvgIpc) is 2.67. The normalized spacial score (nSPS) is 17.2. The van der Waals surface area contributed by atoms with Gasteiger partial charge in [-0.1, -0.05) is 0 Å². The predicted molar refractivity (Wildman–Crippen MR) is 40.7 cm³/mol. The summed E-state index contributed by atoms with van der Waals surface area (Å²) < 4.78 is 20.0. The van der Waals surface area contributed by atoms with Crippen molar-refractivity contribution in [3.8, 4) is 6.07 Å². The molecule has 0 spiro atoms. The first-order valence-electron chi connectivity index (χ1n) is 3.24. The van der Waals surface area contributed by atoms with Crippen molar-refractivity contribution in [3.05, 3.63) is 0 Å². The molecular formula is C6H6N2O3S. The highest BCUT2D eigenvalue weighted by molar-refractivity contribution is 7.73. The molecule has 1 aliphatic carbocycles. The summed E-state index contributed by atoms with van der Waals surface area (Å²) in [6.07, 6.45) is 1.18. The quantitative estimate of drug-likeness (QED) is 0.551. The van der Waals surface area contributed by atoms with Crippen LogP contribution in [-0.2, 0) is 15.1 Å². The third-order valence-electron chi connectivity index (χ3n) is 1.53. The van der Waals surface area contributed by atoms with Gasteiger partial charge in [-0.15, -0.1) is 0 Å². The van der Waals surface area contributed by atoms with Gasteiger partial charge in [0.15, 0.2) is 0 Å². The van der Waals surface area contributed by atoms with Crippen LogP contribution in [0.15, 0.2) is 0 Å². The number of carbonyl (C=O) groups excluding carboxylic acids is 1. The number of rotatable bonds is 2. The van der Waals surface area contributed by atoms with E-state index in [9.17, 15) is 13.2 Å². The van der Waals surface area contributed by atoms with Crippen molar-refractivity contribution in [2.75, 3.05) is 0 Å². The molecule has 1 saturated carbocycles. The van der Waals surface area contributed by atoms with E-state index in [1.165, 1.54) is 0 Å². The van der Waals surface area contributed by atoms with Crippen LogP contribution in [-0.4, -0.2) is 25.2 Å². The Labute approximate surface area is 70.5 Å². The summed E-state index contributed by atoms with van der Waals surface area (Å²) in [6, 6.07) is 1.90. The minimum atomic E-state index is -2.50. The molecule has 12 heavy (non-hydrogen) atoms. The average molecular weight is 186 g/mol. The fourth-order valence-electron chi connectivity index (χ4n) is 0.742. The molecule has 5 nitrogen and oxygen atoms in total. The van der Waals surface area contributed by atoms with Crippen molar-refractivity contribution in [1.82, 2.24) is 5.32 Å². The van der Waals surface area contributed by atoms with Crippen LogP contribution in [0.5, 0.6) is 0 Å². The molecule has 1 rings (SSSR count). The Bertz CT molecular complexity index is 364. The lowest BCUT2D eigenvalue weighted by Gasteiger charge is -2.03. The fourth-order valence-corrected chi connectivity index (χ4v) is 0.976. The van der Waals surface area contributed by atoms with E-state index in [2.05, 4.69) is 5.32 Å². The molecule has 64 valence electrons. The number of carbonyl (C=O) groups is 1. The molecule has 1 aliphatic rings. The molecule has 0 radical (unpaired) electrons. The van der Waals surface area contributed by atoms with Gasteiger partial charge < -0.3 is 5.32 Å². The van der Waals surface area contributed by atoms with E-state index >= 15 is 0 Å². The lowest BCUT2D eigenvalue weighted by Crippen LogP contribution is -2.36. The van der Waals surface area contributed by atoms with Crippen LogP contribution in [0.2, 0.25) is 0 Å². The molecule has 1 fully saturated rings. The first kappa shape index (κ1) is 8.74. The Morgan fingerprint density at radius 3 is 2.50 bits per heavy atom. The van der Waals surface area contributed by atoms with Crippen LogP contribution >= 0.6 is 0 Å². The number of amides is 1. The summed E-state index contributed by atoms with van der Waals surface area (Å²) in [6.45, 7) is 0. The highest BCUT2D eigenvalue weighted by atomic mass is 32.2. The molecule has 0 aromatic carbocycles. The van der Waals surface area contributed by atoms with Crippen LogP contribution in [0.3, 0.4) is 0 Å². The van der Waals surface area contributed by atoms with Gasteiger partial charge in [-0.2, -0.15) is 13.7 Å². The number of nitrogens with zero attached hydrogens (tertiary/aromatic N) is 1. The molecule has 1 N–H and O–H groups in total. The topological polar surface area (TPSA) is 87.0 Å². The molecule has 6 heteroatoms. The fraction of sp³-hybridized carbons (Fsp3) is 0.500.